The second kappa shape index (κ2) is 3.98. The fraction of sp³-hybridized carbons (Fsp3) is 1.00. The average molecular weight is 264 g/mol. The minimum Gasteiger partial charge on any atom is -0.297 e. The van der Waals surface area contributed by atoms with E-state index in [2.05, 4.69) is 51.3 Å². The smallest absolute Gasteiger partial charge is 0.0225 e. The second-order valence-corrected chi connectivity index (χ2v) is 8.89. The Hall–Kier alpha value is -0.0800. The Balaban J connectivity index is 1.77. The van der Waals surface area contributed by atoms with E-state index in [0.717, 1.165) is 12.0 Å². The lowest BCUT2D eigenvalue weighted by Crippen LogP contribution is -2.50. The van der Waals surface area contributed by atoms with Crippen molar-refractivity contribution in [3.8, 4) is 0 Å². The fourth-order valence-corrected chi connectivity index (χ4v) is 4.96. The van der Waals surface area contributed by atoms with Crippen LogP contribution in [0.1, 0.15) is 60.8 Å². The van der Waals surface area contributed by atoms with E-state index in [1.54, 1.807) is 0 Å². The number of piperidine rings is 1. The number of fused-ring (bicyclic) bond motifs is 1. The van der Waals surface area contributed by atoms with Crippen molar-refractivity contribution >= 4 is 0 Å². The summed E-state index contributed by atoms with van der Waals surface area (Å²) in [5, 5.41) is 0. The van der Waals surface area contributed by atoms with Gasteiger partial charge in [0.2, 0.25) is 0 Å². The number of rotatable bonds is 2. The van der Waals surface area contributed by atoms with Gasteiger partial charge in [0, 0.05) is 29.1 Å². The third-order valence-electron chi connectivity index (χ3n) is 6.50. The maximum atomic E-state index is 2.80. The van der Waals surface area contributed by atoms with Gasteiger partial charge in [0.15, 0.2) is 0 Å². The number of likely N-dealkylation sites (tertiary alicyclic amines) is 2. The van der Waals surface area contributed by atoms with Crippen LogP contribution in [0.15, 0.2) is 0 Å². The molecule has 2 saturated heterocycles. The normalized spacial score (nSPS) is 40.7. The molecule has 0 aromatic heterocycles. The molecule has 19 heavy (non-hydrogen) atoms. The van der Waals surface area contributed by atoms with Crippen molar-refractivity contribution in [1.82, 2.24) is 9.80 Å². The summed E-state index contributed by atoms with van der Waals surface area (Å²) in [7, 11) is 0. The first kappa shape index (κ1) is 13.9. The molecule has 3 fully saturated rings. The van der Waals surface area contributed by atoms with Crippen LogP contribution < -0.4 is 0 Å². The summed E-state index contributed by atoms with van der Waals surface area (Å²) < 4.78 is 0. The molecular weight excluding hydrogens is 232 g/mol. The molecule has 3 rings (SSSR count). The highest BCUT2D eigenvalue weighted by molar-refractivity contribution is 5.24. The lowest BCUT2D eigenvalue weighted by Gasteiger charge is -2.42. The first-order valence-corrected chi connectivity index (χ1v) is 8.20. The molecule has 2 aliphatic heterocycles. The van der Waals surface area contributed by atoms with Gasteiger partial charge in [-0.15, -0.1) is 0 Å². The third kappa shape index (κ3) is 1.90. The molecule has 0 bridgehead atoms. The predicted molar refractivity (Wildman–Crippen MR) is 81.3 cm³/mol. The van der Waals surface area contributed by atoms with E-state index < -0.39 is 0 Å². The van der Waals surface area contributed by atoms with Gasteiger partial charge in [-0.3, -0.25) is 9.80 Å². The molecule has 0 aromatic rings. The molecule has 0 N–H and O–H groups in total. The maximum absolute atomic E-state index is 2.80. The minimum atomic E-state index is 0.345. The van der Waals surface area contributed by atoms with Gasteiger partial charge in [-0.2, -0.15) is 0 Å². The number of hydrogen-bond acceptors (Lipinski definition) is 2. The Labute approximate surface area is 119 Å². The van der Waals surface area contributed by atoms with Gasteiger partial charge in [0.1, 0.15) is 0 Å². The summed E-state index contributed by atoms with van der Waals surface area (Å²) in [6.07, 6.45) is 4.24. The van der Waals surface area contributed by atoms with Gasteiger partial charge in [-0.05, 0) is 72.9 Å². The quantitative estimate of drug-likeness (QED) is 0.754. The monoisotopic (exact) mass is 264 g/mol. The molecule has 0 radical (unpaired) electrons. The molecule has 2 heteroatoms. The van der Waals surface area contributed by atoms with Gasteiger partial charge in [0.05, 0.1) is 0 Å². The van der Waals surface area contributed by atoms with Crippen molar-refractivity contribution in [3.05, 3.63) is 0 Å². The van der Waals surface area contributed by atoms with Gasteiger partial charge in [0.25, 0.3) is 0 Å². The van der Waals surface area contributed by atoms with Gasteiger partial charge < -0.3 is 0 Å². The zero-order chi connectivity index (χ0) is 14.1. The number of hydrogen-bond donors (Lipinski definition) is 0. The summed E-state index contributed by atoms with van der Waals surface area (Å²) >= 11 is 0. The highest BCUT2D eigenvalue weighted by atomic mass is 15.3. The lowest BCUT2D eigenvalue weighted by molar-refractivity contribution is 0.0644. The summed E-state index contributed by atoms with van der Waals surface area (Å²) in [4.78, 5) is 5.57. The Kier molecular flexibility index (Phi) is 2.91. The zero-order valence-electron chi connectivity index (χ0n) is 13.8. The van der Waals surface area contributed by atoms with E-state index in [-0.39, 0.29) is 0 Å². The van der Waals surface area contributed by atoms with Crippen LogP contribution in [0.25, 0.3) is 0 Å². The summed E-state index contributed by atoms with van der Waals surface area (Å²) in [6, 6.07) is 0.846. The molecule has 0 spiro atoms. The molecule has 0 amide bonds. The molecular formula is C17H32N2. The molecule has 3 aliphatic rings. The Bertz CT molecular complexity index is 368. The molecule has 3 atom stereocenters. The van der Waals surface area contributed by atoms with Crippen LogP contribution in [-0.4, -0.2) is 46.6 Å². The average Bonchev–Trinajstić information content (AvgIpc) is 2.70. The summed E-state index contributed by atoms with van der Waals surface area (Å²) in [5.74, 6) is 0.896. The highest BCUT2D eigenvalue weighted by Gasteiger charge is 2.70. The van der Waals surface area contributed by atoms with E-state index in [0.29, 0.717) is 16.5 Å². The molecule has 0 aromatic carbocycles. The van der Waals surface area contributed by atoms with Gasteiger partial charge >= 0.3 is 0 Å². The highest BCUT2D eigenvalue weighted by Crippen LogP contribution is 2.66. The van der Waals surface area contributed by atoms with Crippen molar-refractivity contribution in [3.63, 3.8) is 0 Å². The largest absolute Gasteiger partial charge is 0.297 e. The van der Waals surface area contributed by atoms with Gasteiger partial charge in [-0.1, -0.05) is 6.92 Å². The third-order valence-corrected chi connectivity index (χ3v) is 6.50. The van der Waals surface area contributed by atoms with Crippen LogP contribution in [-0.2, 0) is 0 Å². The van der Waals surface area contributed by atoms with Crippen molar-refractivity contribution in [2.45, 2.75) is 77.9 Å². The Morgan fingerprint density at radius 2 is 1.74 bits per heavy atom. The SMILES string of the molecule is CC1CCN(C(C)(C)C23CCN(C(C)(C)C)C2C3)C1. The van der Waals surface area contributed by atoms with Crippen LogP contribution in [0.4, 0.5) is 0 Å². The molecule has 1 saturated carbocycles. The standard InChI is InChI=1S/C17H32N2/c1-13-7-9-18(12-13)16(5,6)17-8-10-19(14(17)11-17)15(2,3)4/h13-14H,7-12H2,1-6H3. The first-order chi connectivity index (χ1) is 8.68. The van der Waals surface area contributed by atoms with E-state index in [1.807, 2.05) is 0 Å². The second-order valence-electron chi connectivity index (χ2n) is 8.89. The zero-order valence-corrected chi connectivity index (χ0v) is 13.8. The first-order valence-electron chi connectivity index (χ1n) is 8.20. The molecule has 2 heterocycles. The van der Waals surface area contributed by atoms with Crippen LogP contribution in [0, 0.1) is 11.3 Å². The van der Waals surface area contributed by atoms with Crippen molar-refractivity contribution in [2.24, 2.45) is 11.3 Å². The van der Waals surface area contributed by atoms with Crippen molar-refractivity contribution in [2.75, 3.05) is 19.6 Å². The van der Waals surface area contributed by atoms with Crippen LogP contribution in [0.5, 0.6) is 0 Å². The van der Waals surface area contributed by atoms with Gasteiger partial charge in [-0.25, -0.2) is 0 Å². The topological polar surface area (TPSA) is 6.48 Å². The van der Waals surface area contributed by atoms with Crippen LogP contribution >= 0.6 is 0 Å². The predicted octanol–water partition coefficient (Wildman–Crippen LogP) is 3.37. The van der Waals surface area contributed by atoms with Crippen LogP contribution in [0.2, 0.25) is 0 Å². The minimum absolute atomic E-state index is 0.345. The van der Waals surface area contributed by atoms with E-state index in [1.165, 1.54) is 38.9 Å². The Morgan fingerprint density at radius 3 is 2.16 bits per heavy atom. The molecule has 110 valence electrons. The van der Waals surface area contributed by atoms with Crippen molar-refractivity contribution in [1.29, 1.82) is 0 Å². The van der Waals surface area contributed by atoms with E-state index in [9.17, 15) is 0 Å². The Morgan fingerprint density at radius 1 is 1.05 bits per heavy atom. The van der Waals surface area contributed by atoms with E-state index >= 15 is 0 Å². The fourth-order valence-electron chi connectivity index (χ4n) is 4.96. The van der Waals surface area contributed by atoms with Crippen molar-refractivity contribution < 1.29 is 0 Å². The summed E-state index contributed by atoms with van der Waals surface area (Å²) in [6.45, 7) is 18.5. The molecule has 1 aliphatic carbocycles. The van der Waals surface area contributed by atoms with E-state index in [4.69, 9.17) is 0 Å². The van der Waals surface area contributed by atoms with Crippen LogP contribution in [0.3, 0.4) is 0 Å². The number of nitrogens with zero attached hydrogens (tertiary/aromatic N) is 2. The summed E-state index contributed by atoms with van der Waals surface area (Å²) in [5.41, 5.74) is 1.32. The lowest BCUT2D eigenvalue weighted by atomic mass is 9.80. The molecule has 2 nitrogen and oxygen atoms in total. The molecule has 3 unspecified atom stereocenters. The maximum Gasteiger partial charge on any atom is 0.0225 e.